The molecule has 1 aliphatic heterocycles. The second-order valence-electron chi connectivity index (χ2n) is 3.56. The van der Waals surface area contributed by atoms with E-state index in [0.29, 0.717) is 12.8 Å². The molecule has 0 spiro atoms. The van der Waals surface area contributed by atoms with Gasteiger partial charge in [-0.3, -0.25) is 0 Å². The zero-order chi connectivity index (χ0) is 9.03. The van der Waals surface area contributed by atoms with Crippen LogP contribution in [0.5, 0.6) is 0 Å². The molecule has 2 heteroatoms. The van der Waals surface area contributed by atoms with Crippen LogP contribution in [0.25, 0.3) is 0 Å². The van der Waals surface area contributed by atoms with Gasteiger partial charge in [0.25, 0.3) is 0 Å². The maximum atomic E-state index is 10.1. The molecule has 0 fully saturated rings. The fraction of sp³-hybridized carbons (Fsp3) is 0.500. The minimum atomic E-state index is 0.0659. The van der Waals surface area contributed by atoms with Gasteiger partial charge in [-0.05, 0) is 12.2 Å². The fourth-order valence-electron chi connectivity index (χ4n) is 1.13. The van der Waals surface area contributed by atoms with Gasteiger partial charge in [-0.25, -0.2) is 0 Å². The second-order valence-corrected chi connectivity index (χ2v) is 3.56. The lowest BCUT2D eigenvalue weighted by Crippen LogP contribution is -2.09. The average Bonchev–Trinajstić information content (AvgIpc) is 1.99. The molecule has 0 saturated heterocycles. The average molecular weight is 166 g/mol. The summed E-state index contributed by atoms with van der Waals surface area (Å²) in [5.74, 6) is 0.898. The first-order valence-corrected chi connectivity index (χ1v) is 4.14. The summed E-state index contributed by atoms with van der Waals surface area (Å²) in [5.41, 5.74) is 0.0659. The molecule has 0 aromatic carbocycles. The summed E-state index contributed by atoms with van der Waals surface area (Å²) in [6.07, 6.45) is 7.90. The molecule has 1 aliphatic rings. The number of carbonyl (C=O) groups is 1. The van der Waals surface area contributed by atoms with Crippen molar-refractivity contribution < 1.29 is 9.53 Å². The molecular formula is C10H14O2. The van der Waals surface area contributed by atoms with Crippen LogP contribution in [-0.4, -0.2) is 6.29 Å². The van der Waals surface area contributed by atoms with Crippen molar-refractivity contribution in [2.45, 2.75) is 26.7 Å². The molecule has 0 unspecified atom stereocenters. The van der Waals surface area contributed by atoms with Gasteiger partial charge in [0.15, 0.2) is 0 Å². The van der Waals surface area contributed by atoms with Crippen LogP contribution in [0.4, 0.5) is 0 Å². The molecule has 0 aromatic rings. The van der Waals surface area contributed by atoms with Crippen LogP contribution in [0.15, 0.2) is 24.2 Å². The molecule has 0 amide bonds. The maximum absolute atomic E-state index is 10.1. The molecule has 12 heavy (non-hydrogen) atoms. The fourth-order valence-corrected chi connectivity index (χ4v) is 1.13. The molecule has 0 aliphatic carbocycles. The number of ether oxygens (including phenoxy) is 1. The number of rotatable bonds is 3. The Balaban J connectivity index is 2.55. The lowest BCUT2D eigenvalue weighted by atomic mass is 9.91. The minimum Gasteiger partial charge on any atom is -0.470 e. The van der Waals surface area contributed by atoms with Crippen molar-refractivity contribution in [2.75, 3.05) is 0 Å². The van der Waals surface area contributed by atoms with E-state index >= 15 is 0 Å². The third-order valence-corrected chi connectivity index (χ3v) is 1.76. The van der Waals surface area contributed by atoms with E-state index in [1.807, 2.05) is 6.08 Å². The highest BCUT2D eigenvalue weighted by molar-refractivity contribution is 5.49. The zero-order valence-corrected chi connectivity index (χ0v) is 7.54. The minimum absolute atomic E-state index is 0.0659. The van der Waals surface area contributed by atoms with Crippen LogP contribution < -0.4 is 0 Å². The van der Waals surface area contributed by atoms with E-state index in [0.717, 1.165) is 12.0 Å². The Morgan fingerprint density at radius 3 is 2.92 bits per heavy atom. The number of allylic oxidation sites excluding steroid dienone is 3. The monoisotopic (exact) mass is 166 g/mol. The number of hydrogen-bond donors (Lipinski definition) is 0. The lowest BCUT2D eigenvalue weighted by Gasteiger charge is -2.21. The van der Waals surface area contributed by atoms with Crippen molar-refractivity contribution in [3.05, 3.63) is 24.2 Å². The van der Waals surface area contributed by atoms with Gasteiger partial charge in [-0.15, -0.1) is 0 Å². The van der Waals surface area contributed by atoms with E-state index in [9.17, 15) is 4.79 Å². The van der Waals surface area contributed by atoms with Crippen molar-refractivity contribution in [1.82, 2.24) is 0 Å². The summed E-state index contributed by atoms with van der Waals surface area (Å²) in [6, 6.07) is 0. The first kappa shape index (κ1) is 9.04. The SMILES string of the molecule is CC1(C)C=COC(CCC=O)=C1. The quantitative estimate of drug-likeness (QED) is 0.602. The molecule has 1 heterocycles. The third kappa shape index (κ3) is 2.53. The molecule has 2 nitrogen and oxygen atoms in total. The molecule has 1 rings (SSSR count). The molecule has 0 saturated carbocycles. The first-order valence-electron chi connectivity index (χ1n) is 4.14. The first-order chi connectivity index (χ1) is 5.64. The summed E-state index contributed by atoms with van der Waals surface area (Å²) < 4.78 is 5.24. The van der Waals surface area contributed by atoms with E-state index in [1.165, 1.54) is 0 Å². The van der Waals surface area contributed by atoms with Crippen molar-refractivity contribution in [3.63, 3.8) is 0 Å². The van der Waals surface area contributed by atoms with Crippen LogP contribution in [0.2, 0.25) is 0 Å². The molecule has 0 radical (unpaired) electrons. The Labute approximate surface area is 72.9 Å². The van der Waals surface area contributed by atoms with Gasteiger partial charge in [-0.2, -0.15) is 0 Å². The maximum Gasteiger partial charge on any atom is 0.120 e. The molecular weight excluding hydrogens is 152 g/mol. The summed E-state index contributed by atoms with van der Waals surface area (Å²) in [5, 5.41) is 0. The zero-order valence-electron chi connectivity index (χ0n) is 7.54. The smallest absolute Gasteiger partial charge is 0.120 e. The van der Waals surface area contributed by atoms with Gasteiger partial charge in [0.2, 0.25) is 0 Å². The molecule has 0 bridgehead atoms. The molecule has 0 N–H and O–H groups in total. The van der Waals surface area contributed by atoms with Crippen molar-refractivity contribution >= 4 is 6.29 Å². The van der Waals surface area contributed by atoms with Crippen LogP contribution >= 0.6 is 0 Å². The standard InChI is InChI=1S/C10H14O2/c1-10(2)5-7-12-9(8-10)4-3-6-11/h5-8H,3-4H2,1-2H3. The predicted octanol–water partition coefficient (Wildman–Crippen LogP) is 2.42. The van der Waals surface area contributed by atoms with Gasteiger partial charge >= 0.3 is 0 Å². The van der Waals surface area contributed by atoms with E-state index in [1.54, 1.807) is 6.26 Å². The summed E-state index contributed by atoms with van der Waals surface area (Å²) in [7, 11) is 0. The molecule has 66 valence electrons. The highest BCUT2D eigenvalue weighted by Gasteiger charge is 2.16. The third-order valence-electron chi connectivity index (χ3n) is 1.76. The van der Waals surface area contributed by atoms with E-state index in [-0.39, 0.29) is 5.41 Å². The van der Waals surface area contributed by atoms with Crippen LogP contribution in [0.1, 0.15) is 26.7 Å². The van der Waals surface area contributed by atoms with Gasteiger partial charge in [0.1, 0.15) is 12.0 Å². The Kier molecular flexibility index (Phi) is 2.69. The molecule has 0 aromatic heterocycles. The number of carbonyl (C=O) groups excluding carboxylic acids is 1. The highest BCUT2D eigenvalue weighted by Crippen LogP contribution is 2.27. The normalized spacial score (nSPS) is 19.7. The van der Waals surface area contributed by atoms with Crippen molar-refractivity contribution in [1.29, 1.82) is 0 Å². The molecule has 0 atom stereocenters. The predicted molar refractivity (Wildman–Crippen MR) is 47.4 cm³/mol. The van der Waals surface area contributed by atoms with E-state index < -0.39 is 0 Å². The topological polar surface area (TPSA) is 26.3 Å². The Morgan fingerprint density at radius 1 is 1.58 bits per heavy atom. The van der Waals surface area contributed by atoms with E-state index in [4.69, 9.17) is 4.74 Å². The second kappa shape index (κ2) is 3.57. The van der Waals surface area contributed by atoms with Crippen LogP contribution in [0.3, 0.4) is 0 Å². The van der Waals surface area contributed by atoms with Gasteiger partial charge in [0.05, 0.1) is 6.26 Å². The highest BCUT2D eigenvalue weighted by atomic mass is 16.5. The van der Waals surface area contributed by atoms with E-state index in [2.05, 4.69) is 19.9 Å². The Hall–Kier alpha value is -1.05. The van der Waals surface area contributed by atoms with Crippen LogP contribution in [0, 0.1) is 5.41 Å². The van der Waals surface area contributed by atoms with Gasteiger partial charge < -0.3 is 9.53 Å². The largest absolute Gasteiger partial charge is 0.470 e. The number of aldehydes is 1. The van der Waals surface area contributed by atoms with Gasteiger partial charge in [-0.1, -0.05) is 13.8 Å². The summed E-state index contributed by atoms with van der Waals surface area (Å²) >= 11 is 0. The Bertz CT molecular complexity index is 224. The van der Waals surface area contributed by atoms with Crippen LogP contribution in [-0.2, 0) is 9.53 Å². The lowest BCUT2D eigenvalue weighted by molar-refractivity contribution is -0.107. The summed E-state index contributed by atoms with van der Waals surface area (Å²) in [4.78, 5) is 10.1. The Morgan fingerprint density at radius 2 is 2.33 bits per heavy atom. The van der Waals surface area contributed by atoms with Crippen molar-refractivity contribution in [3.8, 4) is 0 Å². The number of hydrogen-bond acceptors (Lipinski definition) is 2. The van der Waals surface area contributed by atoms with Crippen molar-refractivity contribution in [2.24, 2.45) is 5.41 Å². The summed E-state index contributed by atoms with van der Waals surface area (Å²) in [6.45, 7) is 4.21. The van der Waals surface area contributed by atoms with Gasteiger partial charge in [0, 0.05) is 18.3 Å².